The Morgan fingerprint density at radius 3 is 2.31 bits per heavy atom. The van der Waals surface area contributed by atoms with Crippen LogP contribution in [-0.4, -0.2) is 86.7 Å². The molecule has 4 N–H and O–H groups in total. The Kier molecular flexibility index (Phi) is 13.6. The fourth-order valence-electron chi connectivity index (χ4n) is 3.59. The zero-order chi connectivity index (χ0) is 29.8. The molecular weight excluding hydrogens is 541 g/mol. The lowest BCUT2D eigenvalue weighted by molar-refractivity contribution is -0.192. The SMILES string of the molecule is COc1cc(C(=O)N2CCCC[C@H]2CO)c(N)cc1OCCCC(=O)OCC[Si](C)(C)C.O=C(O)C(F)(F)F. The number of hydrogen-bond donors (Lipinski definition) is 3. The molecule has 1 saturated heterocycles. The summed E-state index contributed by atoms with van der Waals surface area (Å²) < 4.78 is 48.2. The van der Waals surface area contributed by atoms with Crippen LogP contribution in [0.3, 0.4) is 0 Å². The maximum absolute atomic E-state index is 13.0. The number of nitrogens with two attached hydrogens (primary N) is 1. The van der Waals surface area contributed by atoms with Gasteiger partial charge in [-0.15, -0.1) is 0 Å². The highest BCUT2D eigenvalue weighted by Crippen LogP contribution is 2.34. The molecule has 0 aromatic heterocycles. The first-order valence-corrected chi connectivity index (χ1v) is 16.3. The predicted molar refractivity (Wildman–Crippen MR) is 141 cm³/mol. The van der Waals surface area contributed by atoms with Crippen molar-refractivity contribution in [3.63, 3.8) is 0 Å². The summed E-state index contributed by atoms with van der Waals surface area (Å²) in [6.45, 7) is 8.02. The number of carboxylic acids is 1. The van der Waals surface area contributed by atoms with Crippen molar-refractivity contribution in [3.8, 4) is 11.5 Å². The van der Waals surface area contributed by atoms with Crippen LogP contribution in [0.2, 0.25) is 25.7 Å². The molecule has 0 aliphatic carbocycles. The molecule has 10 nitrogen and oxygen atoms in total. The zero-order valence-corrected chi connectivity index (χ0v) is 23.8. The van der Waals surface area contributed by atoms with Crippen molar-refractivity contribution in [2.75, 3.05) is 39.2 Å². The molecule has 0 saturated carbocycles. The van der Waals surface area contributed by atoms with Crippen LogP contribution < -0.4 is 15.2 Å². The molecule has 0 radical (unpaired) electrons. The Hall–Kier alpha value is -3.00. The number of carboxylic acid groups (broad SMARTS) is 1. The number of piperidine rings is 1. The van der Waals surface area contributed by atoms with Crippen LogP contribution in [0.25, 0.3) is 0 Å². The van der Waals surface area contributed by atoms with E-state index >= 15 is 0 Å². The number of halogens is 3. The molecule has 0 bridgehead atoms. The van der Waals surface area contributed by atoms with Gasteiger partial charge in [0.1, 0.15) is 0 Å². The Balaban J connectivity index is 0.000000956. The van der Waals surface area contributed by atoms with E-state index in [1.165, 1.54) is 7.11 Å². The van der Waals surface area contributed by atoms with E-state index in [2.05, 4.69) is 19.6 Å². The monoisotopic (exact) mass is 580 g/mol. The molecule has 1 aliphatic heterocycles. The number of amides is 1. The smallest absolute Gasteiger partial charge is 0.490 e. The summed E-state index contributed by atoms with van der Waals surface area (Å²) in [6, 6.07) is 3.92. The van der Waals surface area contributed by atoms with Gasteiger partial charge >= 0.3 is 18.1 Å². The maximum atomic E-state index is 13.0. The topological polar surface area (TPSA) is 149 Å². The molecule has 1 aromatic carbocycles. The van der Waals surface area contributed by atoms with Crippen molar-refractivity contribution in [1.82, 2.24) is 4.90 Å². The van der Waals surface area contributed by atoms with Crippen molar-refractivity contribution in [1.29, 1.82) is 0 Å². The third kappa shape index (κ3) is 12.2. The largest absolute Gasteiger partial charge is 0.493 e. The number of aliphatic carboxylic acids is 1. The number of alkyl halides is 3. The molecule has 0 unspecified atom stereocenters. The number of benzene rings is 1. The van der Waals surface area contributed by atoms with E-state index in [4.69, 9.17) is 29.8 Å². The summed E-state index contributed by atoms with van der Waals surface area (Å²) in [5.74, 6) is -2.37. The van der Waals surface area contributed by atoms with Crippen LogP contribution in [0.4, 0.5) is 18.9 Å². The van der Waals surface area contributed by atoms with E-state index in [-0.39, 0.29) is 30.9 Å². The minimum absolute atomic E-state index is 0.0649. The van der Waals surface area contributed by atoms with Gasteiger partial charge in [0, 0.05) is 32.8 Å². The molecule has 0 spiro atoms. The lowest BCUT2D eigenvalue weighted by atomic mass is 10.0. The van der Waals surface area contributed by atoms with Crippen molar-refractivity contribution >= 4 is 31.6 Å². The van der Waals surface area contributed by atoms with Gasteiger partial charge in [-0.25, -0.2) is 4.79 Å². The quantitative estimate of drug-likeness (QED) is 0.153. The molecule has 14 heteroatoms. The van der Waals surface area contributed by atoms with Gasteiger partial charge in [-0.05, 0) is 37.8 Å². The molecule has 2 rings (SSSR count). The lowest BCUT2D eigenvalue weighted by Gasteiger charge is -2.35. The Morgan fingerprint density at radius 2 is 1.77 bits per heavy atom. The normalized spacial score (nSPS) is 15.6. The number of aliphatic hydroxyl groups is 1. The van der Waals surface area contributed by atoms with Gasteiger partial charge in [0.15, 0.2) is 11.5 Å². The third-order valence-electron chi connectivity index (χ3n) is 5.81. The third-order valence-corrected chi connectivity index (χ3v) is 7.51. The summed E-state index contributed by atoms with van der Waals surface area (Å²) in [5.41, 5.74) is 6.79. The molecule has 1 heterocycles. The highest BCUT2D eigenvalue weighted by Gasteiger charge is 2.38. The van der Waals surface area contributed by atoms with Crippen LogP contribution in [0.5, 0.6) is 11.5 Å². The van der Waals surface area contributed by atoms with Crippen molar-refractivity contribution in [3.05, 3.63) is 17.7 Å². The molecule has 39 heavy (non-hydrogen) atoms. The summed E-state index contributed by atoms with van der Waals surface area (Å²) in [6.07, 6.45) is -1.63. The van der Waals surface area contributed by atoms with Crippen LogP contribution in [0, 0.1) is 0 Å². The van der Waals surface area contributed by atoms with Gasteiger partial charge in [0.2, 0.25) is 0 Å². The van der Waals surface area contributed by atoms with E-state index in [0.29, 0.717) is 48.9 Å². The number of esters is 1. The average molecular weight is 581 g/mol. The number of methoxy groups -OCH3 is 1. The second-order valence-corrected chi connectivity index (χ2v) is 15.8. The number of aliphatic hydroxyl groups excluding tert-OH is 1. The van der Waals surface area contributed by atoms with Crippen molar-refractivity contribution < 1.29 is 52.0 Å². The average Bonchev–Trinajstić information content (AvgIpc) is 2.85. The number of hydrogen-bond acceptors (Lipinski definition) is 8. The van der Waals surface area contributed by atoms with E-state index < -0.39 is 20.2 Å². The van der Waals surface area contributed by atoms with Gasteiger partial charge in [0.05, 0.1) is 38.5 Å². The first-order chi connectivity index (χ1) is 18.1. The summed E-state index contributed by atoms with van der Waals surface area (Å²) in [4.78, 5) is 35.5. The van der Waals surface area contributed by atoms with E-state index in [9.17, 15) is 27.9 Å². The second-order valence-electron chi connectivity index (χ2n) is 10.2. The first kappa shape index (κ1) is 34.0. The van der Waals surface area contributed by atoms with Crippen molar-refractivity contribution in [2.45, 2.75) is 70.0 Å². The zero-order valence-electron chi connectivity index (χ0n) is 22.8. The van der Waals surface area contributed by atoms with Crippen LogP contribution in [0.1, 0.15) is 42.5 Å². The number of carbonyl (C=O) groups is 3. The summed E-state index contributed by atoms with van der Waals surface area (Å²) in [7, 11) is 0.280. The highest BCUT2D eigenvalue weighted by molar-refractivity contribution is 6.76. The van der Waals surface area contributed by atoms with E-state index in [1.54, 1.807) is 17.0 Å². The molecule has 1 atom stereocenters. The van der Waals surface area contributed by atoms with E-state index in [1.807, 2.05) is 0 Å². The number of likely N-dealkylation sites (tertiary alicyclic amines) is 1. The Bertz CT molecular complexity index is 970. The number of ether oxygens (including phenoxy) is 3. The first-order valence-electron chi connectivity index (χ1n) is 12.6. The number of anilines is 1. The fraction of sp³-hybridized carbons (Fsp3) is 0.640. The van der Waals surface area contributed by atoms with Crippen LogP contribution in [-0.2, 0) is 14.3 Å². The molecular formula is C25H39F3N2O8Si. The molecule has 1 amide bonds. The van der Waals surface area contributed by atoms with Gasteiger partial charge in [0.25, 0.3) is 5.91 Å². The highest BCUT2D eigenvalue weighted by atomic mass is 28.3. The number of nitrogen functional groups attached to an aromatic ring is 1. The molecule has 1 aliphatic rings. The van der Waals surface area contributed by atoms with Crippen LogP contribution in [0.15, 0.2) is 12.1 Å². The summed E-state index contributed by atoms with van der Waals surface area (Å²) >= 11 is 0. The molecule has 1 aromatic rings. The summed E-state index contributed by atoms with van der Waals surface area (Å²) in [5, 5.41) is 16.7. The predicted octanol–water partition coefficient (Wildman–Crippen LogP) is 3.94. The van der Waals surface area contributed by atoms with Gasteiger partial charge in [-0.2, -0.15) is 13.2 Å². The maximum Gasteiger partial charge on any atom is 0.490 e. The Morgan fingerprint density at radius 1 is 1.13 bits per heavy atom. The van der Waals surface area contributed by atoms with E-state index in [0.717, 1.165) is 25.3 Å². The fourth-order valence-corrected chi connectivity index (χ4v) is 4.30. The minimum atomic E-state index is -5.08. The van der Waals surface area contributed by atoms with Crippen molar-refractivity contribution in [2.24, 2.45) is 0 Å². The minimum Gasteiger partial charge on any atom is -0.493 e. The van der Waals surface area contributed by atoms with Gasteiger partial charge in [-0.1, -0.05) is 19.6 Å². The lowest BCUT2D eigenvalue weighted by Crippen LogP contribution is -2.45. The molecule has 222 valence electrons. The second kappa shape index (κ2) is 15.6. The van der Waals surface area contributed by atoms with Gasteiger partial charge < -0.3 is 35.1 Å². The standard InChI is InChI=1S/C23H38N2O6Si.C2HF3O2/c1-29-20-14-18(23(28)25-10-6-5-8-17(25)16-26)19(24)15-21(20)30-11-7-9-22(27)31-12-13-32(2,3)4;3-2(4,5)1(6)7/h14-15,17,26H,5-13,16,24H2,1-4H3;(H,6,7)/t17-;/m0./s1. The van der Waals surface area contributed by atoms with Crippen LogP contribution >= 0.6 is 0 Å². The number of carbonyl (C=O) groups excluding carboxylic acids is 2. The Labute approximate surface area is 227 Å². The number of rotatable bonds is 11. The number of nitrogens with zero attached hydrogens (tertiary/aromatic N) is 1. The molecule has 1 fully saturated rings. The van der Waals surface area contributed by atoms with Gasteiger partial charge in [-0.3, -0.25) is 9.59 Å².